The smallest absolute Gasteiger partial charge is 0.312 e. The Morgan fingerprint density at radius 2 is 1.62 bits per heavy atom. The van der Waals surface area contributed by atoms with Crippen LogP contribution >= 0.6 is 0 Å². The molecule has 4 rings (SSSR count). The molecule has 0 radical (unpaired) electrons. The van der Waals surface area contributed by atoms with Gasteiger partial charge in [-0.3, -0.25) is 9.59 Å². The molecule has 0 N–H and O–H groups in total. The minimum Gasteiger partial charge on any atom is -0.459 e. The maximum atomic E-state index is 13.5. The molecule has 0 saturated heterocycles. The lowest BCUT2D eigenvalue weighted by Crippen LogP contribution is -2.44. The van der Waals surface area contributed by atoms with Crippen LogP contribution in [0.4, 0.5) is 0 Å². The summed E-state index contributed by atoms with van der Waals surface area (Å²) < 4.78 is 17.5. The lowest BCUT2D eigenvalue weighted by atomic mass is 9.71. The van der Waals surface area contributed by atoms with E-state index >= 15 is 0 Å². The van der Waals surface area contributed by atoms with E-state index in [2.05, 4.69) is 41.5 Å². The Kier molecular flexibility index (Phi) is 6.94. The number of fused-ring (bicyclic) bond motifs is 9. The third kappa shape index (κ3) is 4.80. The van der Waals surface area contributed by atoms with Gasteiger partial charge in [-0.05, 0) is 114 Å². The third-order valence-electron chi connectivity index (χ3n) is 9.73. The van der Waals surface area contributed by atoms with Crippen molar-refractivity contribution in [3.8, 4) is 0 Å². The highest BCUT2D eigenvalue weighted by Crippen LogP contribution is 2.69. The van der Waals surface area contributed by atoms with E-state index in [1.165, 1.54) is 12.8 Å². The Morgan fingerprint density at radius 1 is 0.971 bits per heavy atom. The fourth-order valence-corrected chi connectivity index (χ4v) is 8.88. The predicted octanol–water partition coefficient (Wildman–Crippen LogP) is 6.38. The van der Waals surface area contributed by atoms with Crippen LogP contribution in [0.5, 0.6) is 0 Å². The van der Waals surface area contributed by atoms with E-state index in [1.807, 2.05) is 13.8 Å². The Labute approximate surface area is 207 Å². The molecule has 0 amide bonds. The van der Waals surface area contributed by atoms with Crippen molar-refractivity contribution in [3.63, 3.8) is 0 Å². The zero-order valence-corrected chi connectivity index (χ0v) is 22.8. The van der Waals surface area contributed by atoms with Crippen LogP contribution in [-0.4, -0.2) is 30.4 Å². The van der Waals surface area contributed by atoms with Crippen LogP contribution < -0.4 is 0 Å². The molecule has 34 heavy (non-hydrogen) atoms. The van der Waals surface area contributed by atoms with Crippen molar-refractivity contribution in [2.24, 2.45) is 52.3 Å². The Balaban J connectivity index is 1.44. The molecule has 0 aromatic carbocycles. The molecule has 4 aliphatic rings. The highest BCUT2D eigenvalue weighted by atomic mass is 16.7. The minimum absolute atomic E-state index is 0.0116. The molecule has 0 aromatic rings. The van der Waals surface area contributed by atoms with Gasteiger partial charge in [0.2, 0.25) is 0 Å². The second-order valence-corrected chi connectivity index (χ2v) is 13.8. The summed E-state index contributed by atoms with van der Waals surface area (Å²) in [5.41, 5.74) is -0.753. The van der Waals surface area contributed by atoms with Gasteiger partial charge in [0.05, 0.1) is 11.3 Å². The van der Waals surface area contributed by atoms with Gasteiger partial charge in [-0.25, -0.2) is 0 Å². The van der Waals surface area contributed by atoms with E-state index in [4.69, 9.17) is 14.2 Å². The molecule has 5 nitrogen and oxygen atoms in total. The Morgan fingerprint density at radius 3 is 2.21 bits per heavy atom. The second-order valence-electron chi connectivity index (χ2n) is 13.8. The van der Waals surface area contributed by atoms with Crippen LogP contribution in [0.1, 0.15) is 100 Å². The molecule has 0 spiro atoms. The molecule has 10 atom stereocenters. The first-order valence-electron chi connectivity index (χ1n) is 13.8. The largest absolute Gasteiger partial charge is 0.459 e. The standard InChI is InChI=1S/C29H48O5/c1-9-28(7,16-27(4,5)6)26(31)34-29(8)14-19-11-20(15-29)24-21-12-18(23(19)24)13-22(21)25(30)33-17(3)32-10-2/h17-24H,9-16H2,1-8H3. The van der Waals surface area contributed by atoms with Crippen molar-refractivity contribution >= 4 is 11.9 Å². The lowest BCUT2D eigenvalue weighted by Gasteiger charge is -2.42. The van der Waals surface area contributed by atoms with Gasteiger partial charge in [0.25, 0.3) is 0 Å². The van der Waals surface area contributed by atoms with Gasteiger partial charge < -0.3 is 14.2 Å². The quantitative estimate of drug-likeness (QED) is 0.231. The molecule has 0 aromatic heterocycles. The molecule has 0 heterocycles. The van der Waals surface area contributed by atoms with Crippen molar-refractivity contribution in [2.75, 3.05) is 6.61 Å². The molecule has 0 aliphatic heterocycles. The third-order valence-corrected chi connectivity index (χ3v) is 9.73. The van der Waals surface area contributed by atoms with Crippen LogP contribution in [0.25, 0.3) is 0 Å². The predicted molar refractivity (Wildman–Crippen MR) is 132 cm³/mol. The molecular weight excluding hydrogens is 428 g/mol. The second kappa shape index (κ2) is 9.09. The molecule has 4 fully saturated rings. The maximum absolute atomic E-state index is 13.5. The fourth-order valence-electron chi connectivity index (χ4n) is 8.88. The summed E-state index contributed by atoms with van der Waals surface area (Å²) in [6.45, 7) is 17.2. The number of hydrogen-bond acceptors (Lipinski definition) is 5. The topological polar surface area (TPSA) is 61.8 Å². The number of ether oxygens (including phenoxy) is 3. The maximum Gasteiger partial charge on any atom is 0.312 e. The first-order chi connectivity index (χ1) is 15.8. The summed E-state index contributed by atoms with van der Waals surface area (Å²) in [7, 11) is 0. The van der Waals surface area contributed by atoms with Crippen molar-refractivity contribution in [2.45, 2.75) is 112 Å². The average molecular weight is 477 g/mol. The minimum atomic E-state index is -0.473. The summed E-state index contributed by atoms with van der Waals surface area (Å²) in [4.78, 5) is 26.4. The van der Waals surface area contributed by atoms with Gasteiger partial charge in [-0.15, -0.1) is 0 Å². The highest BCUT2D eigenvalue weighted by molar-refractivity contribution is 5.77. The fraction of sp³-hybridized carbons (Fsp3) is 0.931. The molecule has 4 bridgehead atoms. The van der Waals surface area contributed by atoms with Gasteiger partial charge in [0, 0.05) is 6.61 Å². The molecule has 5 heteroatoms. The zero-order chi connectivity index (χ0) is 25.1. The first kappa shape index (κ1) is 26.0. The summed E-state index contributed by atoms with van der Waals surface area (Å²) >= 11 is 0. The van der Waals surface area contributed by atoms with Crippen molar-refractivity contribution < 1.29 is 23.8 Å². The summed E-state index contributed by atoms with van der Waals surface area (Å²) in [6.07, 6.45) is 6.43. The summed E-state index contributed by atoms with van der Waals surface area (Å²) in [5.74, 6) is 3.40. The van der Waals surface area contributed by atoms with Gasteiger partial charge in [-0.1, -0.05) is 27.7 Å². The monoisotopic (exact) mass is 476 g/mol. The average Bonchev–Trinajstić information content (AvgIpc) is 3.37. The van der Waals surface area contributed by atoms with E-state index < -0.39 is 11.7 Å². The van der Waals surface area contributed by atoms with Crippen LogP contribution in [-0.2, 0) is 23.8 Å². The van der Waals surface area contributed by atoms with Crippen molar-refractivity contribution in [3.05, 3.63) is 0 Å². The molecular formula is C29H48O5. The Bertz CT molecular complexity index is 786. The summed E-state index contributed by atoms with van der Waals surface area (Å²) in [6, 6.07) is 0. The number of hydrogen-bond donors (Lipinski definition) is 0. The van der Waals surface area contributed by atoms with E-state index in [0.29, 0.717) is 42.1 Å². The van der Waals surface area contributed by atoms with Crippen molar-refractivity contribution in [1.82, 2.24) is 0 Å². The molecule has 4 aliphatic carbocycles. The highest BCUT2D eigenvalue weighted by Gasteiger charge is 2.65. The number of carbonyl (C=O) groups is 2. The van der Waals surface area contributed by atoms with E-state index in [0.717, 1.165) is 32.1 Å². The first-order valence-corrected chi connectivity index (χ1v) is 13.8. The zero-order valence-electron chi connectivity index (χ0n) is 22.8. The number of esters is 2. The van der Waals surface area contributed by atoms with E-state index in [9.17, 15) is 9.59 Å². The van der Waals surface area contributed by atoms with Crippen LogP contribution in [0, 0.1) is 52.3 Å². The van der Waals surface area contributed by atoms with E-state index in [1.54, 1.807) is 0 Å². The van der Waals surface area contributed by atoms with Gasteiger partial charge >= 0.3 is 11.9 Å². The summed E-state index contributed by atoms with van der Waals surface area (Å²) in [5, 5.41) is 0. The van der Waals surface area contributed by atoms with Gasteiger partial charge in [-0.2, -0.15) is 0 Å². The van der Waals surface area contributed by atoms with Gasteiger partial charge in [0.1, 0.15) is 5.60 Å². The van der Waals surface area contributed by atoms with Crippen molar-refractivity contribution in [1.29, 1.82) is 0 Å². The number of rotatable bonds is 8. The van der Waals surface area contributed by atoms with Crippen LogP contribution in [0.3, 0.4) is 0 Å². The van der Waals surface area contributed by atoms with E-state index in [-0.39, 0.29) is 28.9 Å². The Hall–Kier alpha value is -1.10. The molecule has 194 valence electrons. The van der Waals surface area contributed by atoms with Crippen LogP contribution in [0.15, 0.2) is 0 Å². The van der Waals surface area contributed by atoms with Crippen LogP contribution in [0.2, 0.25) is 0 Å². The molecule has 4 saturated carbocycles. The van der Waals surface area contributed by atoms with Gasteiger partial charge in [0.15, 0.2) is 6.29 Å². The SMILES string of the molecule is CCOC(C)OC(=O)C1CC2CC1C1C3CC(CC(C)(OC(=O)C(C)(CC)CC(C)(C)C)C3)C21. The normalized spacial score (nSPS) is 41.0. The number of carbonyl (C=O) groups excluding carboxylic acids is 2. The lowest BCUT2D eigenvalue weighted by molar-refractivity contribution is -0.181. The molecule has 10 unspecified atom stereocenters.